The number of hydrogen-bond acceptors (Lipinski definition) is 4. The summed E-state index contributed by atoms with van der Waals surface area (Å²) in [6, 6.07) is 24.0. The summed E-state index contributed by atoms with van der Waals surface area (Å²) in [5.74, 6) is -0.192. The fourth-order valence-electron chi connectivity index (χ4n) is 4.58. The molecule has 0 radical (unpaired) electrons. The predicted octanol–water partition coefficient (Wildman–Crippen LogP) is 4.45. The second-order valence-electron chi connectivity index (χ2n) is 9.27. The number of benzene rings is 2. The van der Waals surface area contributed by atoms with Crippen molar-refractivity contribution < 1.29 is 14.3 Å². The molecule has 1 aliphatic heterocycles. The summed E-state index contributed by atoms with van der Waals surface area (Å²) in [4.78, 5) is 19.6. The molecule has 1 fully saturated rings. The smallest absolute Gasteiger partial charge is 0.272 e. The number of amides is 1. The van der Waals surface area contributed by atoms with Gasteiger partial charge >= 0.3 is 0 Å². The van der Waals surface area contributed by atoms with E-state index in [-0.39, 0.29) is 12.0 Å². The largest absolute Gasteiger partial charge is 0.413 e. The van der Waals surface area contributed by atoms with Crippen LogP contribution in [-0.2, 0) is 10.0 Å². The van der Waals surface area contributed by atoms with Crippen LogP contribution in [0.15, 0.2) is 85.1 Å². The minimum atomic E-state index is -1.85. The summed E-state index contributed by atoms with van der Waals surface area (Å²) in [5.41, 5.74) is 0.492. The second kappa shape index (κ2) is 8.98. The number of aliphatic hydroxyl groups is 1. The van der Waals surface area contributed by atoms with E-state index >= 15 is 0 Å². The van der Waals surface area contributed by atoms with Crippen molar-refractivity contribution >= 4 is 14.2 Å². The highest BCUT2D eigenvalue weighted by atomic mass is 28.4. The molecular weight excluding hydrogens is 416 g/mol. The zero-order valence-corrected chi connectivity index (χ0v) is 19.8. The molecule has 166 valence electrons. The van der Waals surface area contributed by atoms with Crippen LogP contribution in [0.25, 0.3) is 0 Å². The normalized spacial score (nSPS) is 19.2. The van der Waals surface area contributed by atoms with Crippen molar-refractivity contribution in [1.29, 1.82) is 0 Å². The van der Waals surface area contributed by atoms with Gasteiger partial charge in [-0.05, 0) is 49.3 Å². The first-order chi connectivity index (χ1) is 15.3. The lowest BCUT2D eigenvalue weighted by Gasteiger charge is -2.39. The van der Waals surface area contributed by atoms with Gasteiger partial charge in [-0.1, -0.05) is 66.7 Å². The van der Waals surface area contributed by atoms with E-state index in [0.29, 0.717) is 18.7 Å². The molecule has 6 heteroatoms. The number of carbonyl (C=O) groups is 1. The SMILES string of the molecule is C[Si](C)(C)O[C@@H]1C[C@@H](C(O)(c2ccccc2)c2ccccc2)N(C(=O)c2ccccn2)C1. The number of pyridine rings is 1. The van der Waals surface area contributed by atoms with Gasteiger partial charge in [-0.3, -0.25) is 9.78 Å². The summed E-state index contributed by atoms with van der Waals surface area (Å²) >= 11 is 0. The van der Waals surface area contributed by atoms with Gasteiger partial charge in [-0.15, -0.1) is 0 Å². The third kappa shape index (κ3) is 4.53. The lowest BCUT2D eigenvalue weighted by atomic mass is 9.79. The Balaban J connectivity index is 1.81. The molecule has 0 saturated carbocycles. The fraction of sp³-hybridized carbons (Fsp3) is 0.308. The summed E-state index contributed by atoms with van der Waals surface area (Å²) in [7, 11) is -1.85. The molecule has 0 spiro atoms. The number of hydrogen-bond donors (Lipinski definition) is 1. The first-order valence-corrected chi connectivity index (χ1v) is 14.4. The van der Waals surface area contributed by atoms with E-state index in [0.717, 1.165) is 11.1 Å². The average molecular weight is 447 g/mol. The Hall–Kier alpha value is -2.80. The maximum atomic E-state index is 13.6. The van der Waals surface area contributed by atoms with E-state index in [2.05, 4.69) is 24.6 Å². The Morgan fingerprint density at radius 3 is 2.03 bits per heavy atom. The van der Waals surface area contributed by atoms with Crippen LogP contribution in [0.3, 0.4) is 0 Å². The maximum absolute atomic E-state index is 13.6. The van der Waals surface area contributed by atoms with Gasteiger partial charge in [-0.25, -0.2) is 0 Å². The van der Waals surface area contributed by atoms with Crippen LogP contribution < -0.4 is 0 Å². The fourth-order valence-corrected chi connectivity index (χ4v) is 5.75. The van der Waals surface area contributed by atoms with Gasteiger partial charge in [0.1, 0.15) is 11.3 Å². The highest BCUT2D eigenvalue weighted by molar-refractivity contribution is 6.69. The Morgan fingerprint density at radius 1 is 0.969 bits per heavy atom. The van der Waals surface area contributed by atoms with E-state index in [1.54, 1.807) is 23.2 Å². The van der Waals surface area contributed by atoms with Crippen molar-refractivity contribution in [2.45, 2.75) is 43.8 Å². The van der Waals surface area contributed by atoms with E-state index in [1.807, 2.05) is 66.7 Å². The average Bonchev–Trinajstić information content (AvgIpc) is 3.22. The number of likely N-dealkylation sites (tertiary alicyclic amines) is 1. The van der Waals surface area contributed by atoms with Gasteiger partial charge < -0.3 is 14.4 Å². The monoisotopic (exact) mass is 446 g/mol. The van der Waals surface area contributed by atoms with Gasteiger partial charge in [0, 0.05) is 12.7 Å². The minimum absolute atomic E-state index is 0.140. The van der Waals surface area contributed by atoms with Gasteiger partial charge in [0.2, 0.25) is 0 Å². The molecule has 0 bridgehead atoms. The van der Waals surface area contributed by atoms with Crippen LogP contribution in [0, 0.1) is 0 Å². The molecule has 4 rings (SSSR count). The van der Waals surface area contributed by atoms with Crippen molar-refractivity contribution in [2.75, 3.05) is 6.54 Å². The molecular formula is C26H30N2O3Si. The van der Waals surface area contributed by atoms with Crippen LogP contribution in [0.4, 0.5) is 0 Å². The van der Waals surface area contributed by atoms with Crippen molar-refractivity contribution in [3.05, 3.63) is 102 Å². The van der Waals surface area contributed by atoms with Crippen LogP contribution >= 0.6 is 0 Å². The maximum Gasteiger partial charge on any atom is 0.272 e. The molecule has 2 aromatic carbocycles. The lowest BCUT2D eigenvalue weighted by Crippen LogP contribution is -2.50. The number of carbonyl (C=O) groups excluding carboxylic acids is 1. The molecule has 1 aliphatic rings. The van der Waals surface area contributed by atoms with E-state index in [9.17, 15) is 9.90 Å². The molecule has 3 aromatic rings. The summed E-state index contributed by atoms with van der Waals surface area (Å²) in [5, 5.41) is 12.4. The van der Waals surface area contributed by atoms with Gasteiger partial charge in [0.15, 0.2) is 8.32 Å². The molecule has 5 nitrogen and oxygen atoms in total. The molecule has 32 heavy (non-hydrogen) atoms. The highest BCUT2D eigenvalue weighted by Crippen LogP contribution is 2.41. The molecule has 2 heterocycles. The van der Waals surface area contributed by atoms with Crippen LogP contribution in [-0.4, -0.2) is 47.9 Å². The number of rotatable bonds is 6. The zero-order chi connectivity index (χ0) is 22.8. The quantitative estimate of drug-likeness (QED) is 0.568. The topological polar surface area (TPSA) is 62.7 Å². The predicted molar refractivity (Wildman–Crippen MR) is 128 cm³/mol. The first kappa shape index (κ1) is 22.4. The first-order valence-electron chi connectivity index (χ1n) is 11.0. The molecule has 0 unspecified atom stereocenters. The van der Waals surface area contributed by atoms with E-state index < -0.39 is 20.0 Å². The van der Waals surface area contributed by atoms with Crippen LogP contribution in [0.5, 0.6) is 0 Å². The highest BCUT2D eigenvalue weighted by Gasteiger charge is 2.51. The third-order valence-electron chi connectivity index (χ3n) is 5.84. The zero-order valence-electron chi connectivity index (χ0n) is 18.8. The summed E-state index contributed by atoms with van der Waals surface area (Å²) in [6.07, 6.45) is 2.02. The van der Waals surface area contributed by atoms with Gasteiger partial charge in [0.25, 0.3) is 5.91 Å². The Labute approximate surface area is 190 Å². The van der Waals surface area contributed by atoms with Crippen LogP contribution in [0.1, 0.15) is 28.0 Å². The molecule has 1 aromatic heterocycles. The molecule has 0 aliphatic carbocycles. The molecule has 2 atom stereocenters. The van der Waals surface area contributed by atoms with E-state index in [1.165, 1.54) is 0 Å². The number of nitrogens with zero attached hydrogens (tertiary/aromatic N) is 2. The minimum Gasteiger partial charge on any atom is -0.413 e. The van der Waals surface area contributed by atoms with Gasteiger partial charge in [0.05, 0.1) is 12.1 Å². The summed E-state index contributed by atoms with van der Waals surface area (Å²) in [6.45, 7) is 6.86. The number of aromatic nitrogens is 1. The van der Waals surface area contributed by atoms with Crippen LogP contribution in [0.2, 0.25) is 19.6 Å². The Kier molecular flexibility index (Phi) is 6.28. The molecule has 1 amide bonds. The Morgan fingerprint density at radius 2 is 1.53 bits per heavy atom. The molecule has 1 saturated heterocycles. The Bertz CT molecular complexity index is 999. The standard InChI is InChI=1S/C26H30N2O3Si/c1-32(2,3)31-22-18-24(28(19-22)25(29)23-16-10-11-17-27-23)26(30,20-12-6-4-7-13-20)21-14-8-5-9-15-21/h4-17,22,24,30H,18-19H2,1-3H3/t22-,24+/m1/s1. The van der Waals surface area contributed by atoms with Crippen molar-refractivity contribution in [1.82, 2.24) is 9.88 Å². The summed E-state index contributed by atoms with van der Waals surface area (Å²) < 4.78 is 6.43. The van der Waals surface area contributed by atoms with Crippen molar-refractivity contribution in [2.24, 2.45) is 0 Å². The second-order valence-corrected chi connectivity index (χ2v) is 13.7. The lowest BCUT2D eigenvalue weighted by molar-refractivity contribution is -0.00124. The molecule has 1 N–H and O–H groups in total. The van der Waals surface area contributed by atoms with Crippen molar-refractivity contribution in [3.63, 3.8) is 0 Å². The van der Waals surface area contributed by atoms with Gasteiger partial charge in [-0.2, -0.15) is 0 Å². The van der Waals surface area contributed by atoms with Crippen molar-refractivity contribution in [3.8, 4) is 0 Å². The van der Waals surface area contributed by atoms with E-state index in [4.69, 9.17) is 4.43 Å². The third-order valence-corrected chi connectivity index (χ3v) is 6.88.